The molecular formula is C22H19ClO3. The van der Waals surface area contributed by atoms with E-state index in [4.69, 9.17) is 16.3 Å². The predicted molar refractivity (Wildman–Crippen MR) is 105 cm³/mol. The molecule has 0 heterocycles. The minimum Gasteiger partial charge on any atom is -0.507 e. The van der Waals surface area contributed by atoms with E-state index in [1.807, 2.05) is 66.7 Å². The molecule has 0 amide bonds. The van der Waals surface area contributed by atoms with Crippen molar-refractivity contribution in [3.63, 3.8) is 0 Å². The summed E-state index contributed by atoms with van der Waals surface area (Å²) in [4.78, 5) is 0. The standard InChI is InChI=1S/C22H19ClO3/c23-18-13-20(25)22(19-11-5-4-10-17(19)15-24)21(14-18)26-12-6-9-16-7-2-1-3-8-16/h1-11,13-14,24-25H,12,15H2. The highest BCUT2D eigenvalue weighted by Crippen LogP contribution is 2.41. The smallest absolute Gasteiger partial charge is 0.132 e. The van der Waals surface area contributed by atoms with Gasteiger partial charge < -0.3 is 14.9 Å². The molecule has 0 aliphatic rings. The second-order valence-corrected chi connectivity index (χ2v) is 6.17. The van der Waals surface area contributed by atoms with Crippen LogP contribution in [0.2, 0.25) is 5.02 Å². The molecule has 26 heavy (non-hydrogen) atoms. The van der Waals surface area contributed by atoms with Crippen molar-refractivity contribution in [3.05, 3.63) is 89.0 Å². The van der Waals surface area contributed by atoms with Crippen LogP contribution in [-0.4, -0.2) is 16.8 Å². The molecule has 0 aromatic heterocycles. The van der Waals surface area contributed by atoms with Gasteiger partial charge in [-0.25, -0.2) is 0 Å². The highest BCUT2D eigenvalue weighted by atomic mass is 35.5. The maximum Gasteiger partial charge on any atom is 0.132 e. The zero-order valence-electron chi connectivity index (χ0n) is 14.1. The molecule has 3 aromatic carbocycles. The van der Waals surface area contributed by atoms with Gasteiger partial charge in [0.15, 0.2) is 0 Å². The van der Waals surface area contributed by atoms with E-state index < -0.39 is 0 Å². The summed E-state index contributed by atoms with van der Waals surface area (Å²) in [5, 5.41) is 20.4. The summed E-state index contributed by atoms with van der Waals surface area (Å²) in [6, 6.07) is 20.4. The summed E-state index contributed by atoms with van der Waals surface area (Å²) < 4.78 is 5.86. The lowest BCUT2D eigenvalue weighted by Crippen LogP contribution is -1.98. The van der Waals surface area contributed by atoms with E-state index in [-0.39, 0.29) is 12.4 Å². The fourth-order valence-corrected chi connectivity index (χ4v) is 2.94. The normalized spacial score (nSPS) is 11.0. The molecule has 0 bridgehead atoms. The third-order valence-electron chi connectivity index (χ3n) is 3.95. The Bertz CT molecular complexity index is 905. The summed E-state index contributed by atoms with van der Waals surface area (Å²) in [5.41, 5.74) is 3.02. The van der Waals surface area contributed by atoms with Crippen molar-refractivity contribution in [2.45, 2.75) is 6.61 Å². The molecule has 0 saturated heterocycles. The molecule has 3 rings (SSSR count). The molecule has 0 aliphatic heterocycles. The molecule has 4 heteroatoms. The first-order chi connectivity index (χ1) is 12.7. The maximum atomic E-state index is 10.4. The summed E-state index contributed by atoms with van der Waals surface area (Å²) in [6.07, 6.45) is 3.86. The third kappa shape index (κ3) is 4.26. The molecule has 0 saturated carbocycles. The van der Waals surface area contributed by atoms with Crippen LogP contribution in [0.5, 0.6) is 11.5 Å². The number of phenols is 1. The first-order valence-electron chi connectivity index (χ1n) is 8.25. The van der Waals surface area contributed by atoms with E-state index >= 15 is 0 Å². The van der Waals surface area contributed by atoms with Crippen LogP contribution in [-0.2, 0) is 6.61 Å². The molecule has 132 valence electrons. The van der Waals surface area contributed by atoms with Crippen LogP contribution < -0.4 is 4.74 Å². The topological polar surface area (TPSA) is 49.7 Å². The van der Waals surface area contributed by atoms with Crippen molar-refractivity contribution < 1.29 is 14.9 Å². The van der Waals surface area contributed by atoms with E-state index in [0.717, 1.165) is 5.56 Å². The number of benzene rings is 3. The first-order valence-corrected chi connectivity index (χ1v) is 8.63. The Morgan fingerprint density at radius 3 is 2.46 bits per heavy atom. The zero-order chi connectivity index (χ0) is 18.4. The van der Waals surface area contributed by atoms with Gasteiger partial charge in [-0.15, -0.1) is 0 Å². The minimum absolute atomic E-state index is 0.0143. The van der Waals surface area contributed by atoms with E-state index in [9.17, 15) is 10.2 Å². The molecule has 0 radical (unpaired) electrons. The lowest BCUT2D eigenvalue weighted by Gasteiger charge is -2.15. The highest BCUT2D eigenvalue weighted by Gasteiger charge is 2.16. The van der Waals surface area contributed by atoms with Crippen molar-refractivity contribution in [1.29, 1.82) is 0 Å². The van der Waals surface area contributed by atoms with Gasteiger partial charge in [-0.05, 0) is 34.9 Å². The number of halogens is 1. The molecule has 0 atom stereocenters. The largest absolute Gasteiger partial charge is 0.507 e. The van der Waals surface area contributed by atoms with Gasteiger partial charge in [-0.2, -0.15) is 0 Å². The van der Waals surface area contributed by atoms with Gasteiger partial charge in [-0.3, -0.25) is 0 Å². The molecule has 2 N–H and O–H groups in total. The summed E-state index contributed by atoms with van der Waals surface area (Å²) in [7, 11) is 0. The van der Waals surface area contributed by atoms with Gasteiger partial charge in [-0.1, -0.05) is 72.3 Å². The average molecular weight is 367 g/mol. The number of aliphatic hydroxyl groups is 1. The molecule has 0 unspecified atom stereocenters. The maximum absolute atomic E-state index is 10.4. The van der Waals surface area contributed by atoms with Crippen LogP contribution in [0.15, 0.2) is 72.8 Å². The minimum atomic E-state index is -0.133. The average Bonchev–Trinajstić information content (AvgIpc) is 2.66. The monoisotopic (exact) mass is 366 g/mol. The number of hydrogen-bond donors (Lipinski definition) is 2. The molecule has 3 aromatic rings. The number of rotatable bonds is 6. The van der Waals surface area contributed by atoms with E-state index in [2.05, 4.69) is 0 Å². The van der Waals surface area contributed by atoms with Crippen LogP contribution in [0.3, 0.4) is 0 Å². The Morgan fingerprint density at radius 1 is 0.962 bits per heavy atom. The van der Waals surface area contributed by atoms with Crippen molar-refractivity contribution in [1.82, 2.24) is 0 Å². The Balaban J connectivity index is 1.88. The summed E-state index contributed by atoms with van der Waals surface area (Å²) in [5.74, 6) is 0.481. The van der Waals surface area contributed by atoms with Crippen molar-refractivity contribution in [2.75, 3.05) is 6.61 Å². The lowest BCUT2D eigenvalue weighted by molar-refractivity contribution is 0.282. The number of aromatic hydroxyl groups is 1. The third-order valence-corrected chi connectivity index (χ3v) is 4.17. The van der Waals surface area contributed by atoms with Crippen LogP contribution in [0.25, 0.3) is 17.2 Å². The van der Waals surface area contributed by atoms with Crippen molar-refractivity contribution in [2.24, 2.45) is 0 Å². The number of phenolic OH excluding ortho intramolecular Hbond substituents is 1. The van der Waals surface area contributed by atoms with Gasteiger partial charge in [0.2, 0.25) is 0 Å². The van der Waals surface area contributed by atoms with E-state index in [0.29, 0.717) is 34.1 Å². The number of ether oxygens (including phenoxy) is 1. The zero-order valence-corrected chi connectivity index (χ0v) is 14.9. The van der Waals surface area contributed by atoms with E-state index in [1.165, 1.54) is 6.07 Å². The second-order valence-electron chi connectivity index (χ2n) is 5.74. The second kappa shape index (κ2) is 8.56. The SMILES string of the molecule is OCc1ccccc1-c1c(O)cc(Cl)cc1OCC=Cc1ccccc1. The van der Waals surface area contributed by atoms with Crippen LogP contribution >= 0.6 is 11.6 Å². The van der Waals surface area contributed by atoms with Gasteiger partial charge in [0.25, 0.3) is 0 Å². The molecule has 0 aliphatic carbocycles. The lowest BCUT2D eigenvalue weighted by atomic mass is 9.98. The highest BCUT2D eigenvalue weighted by molar-refractivity contribution is 6.31. The molecular weight excluding hydrogens is 348 g/mol. The fourth-order valence-electron chi connectivity index (χ4n) is 2.74. The quantitative estimate of drug-likeness (QED) is 0.622. The van der Waals surface area contributed by atoms with Gasteiger partial charge in [0.05, 0.1) is 12.2 Å². The Labute approximate surface area is 157 Å². The van der Waals surface area contributed by atoms with Gasteiger partial charge in [0, 0.05) is 5.02 Å². The molecule has 0 fully saturated rings. The fraction of sp³-hybridized carbons (Fsp3) is 0.0909. The Kier molecular flexibility index (Phi) is 5.95. The number of hydrogen-bond acceptors (Lipinski definition) is 3. The van der Waals surface area contributed by atoms with Gasteiger partial charge in [0.1, 0.15) is 18.1 Å². The number of aliphatic hydroxyl groups excluding tert-OH is 1. The van der Waals surface area contributed by atoms with Gasteiger partial charge >= 0.3 is 0 Å². The molecule has 0 spiro atoms. The predicted octanol–water partition coefficient (Wildman–Crippen LogP) is 5.30. The van der Waals surface area contributed by atoms with Crippen molar-refractivity contribution >= 4 is 17.7 Å². The van der Waals surface area contributed by atoms with Crippen LogP contribution in [0.1, 0.15) is 11.1 Å². The van der Waals surface area contributed by atoms with Crippen LogP contribution in [0, 0.1) is 0 Å². The Morgan fingerprint density at radius 2 is 1.69 bits per heavy atom. The summed E-state index contributed by atoms with van der Waals surface area (Å²) >= 11 is 6.08. The summed E-state index contributed by atoms with van der Waals surface area (Å²) in [6.45, 7) is 0.189. The first kappa shape index (κ1) is 18.1. The van der Waals surface area contributed by atoms with Crippen molar-refractivity contribution in [3.8, 4) is 22.6 Å². The Hall–Kier alpha value is -2.75. The van der Waals surface area contributed by atoms with Crippen LogP contribution in [0.4, 0.5) is 0 Å². The van der Waals surface area contributed by atoms with E-state index in [1.54, 1.807) is 6.07 Å². The molecule has 3 nitrogen and oxygen atoms in total.